The van der Waals surface area contributed by atoms with Crippen molar-refractivity contribution in [2.75, 3.05) is 6.61 Å². The molecule has 56 valence electrons. The molecule has 0 amide bonds. The van der Waals surface area contributed by atoms with Crippen LogP contribution in [0.25, 0.3) is 0 Å². The minimum absolute atomic E-state index is 0.0503. The van der Waals surface area contributed by atoms with Crippen LogP contribution in [0.2, 0.25) is 0 Å². The molecule has 1 atom stereocenters. The molecule has 1 unspecified atom stereocenters. The summed E-state index contributed by atoms with van der Waals surface area (Å²) in [7, 11) is 0. The highest BCUT2D eigenvalue weighted by atomic mass is 16.3. The van der Waals surface area contributed by atoms with E-state index < -0.39 is 0 Å². The second-order valence-electron chi connectivity index (χ2n) is 2.87. The van der Waals surface area contributed by atoms with E-state index in [-0.39, 0.29) is 12.0 Å². The number of hydrogen-bond acceptors (Lipinski definition) is 1. The molecule has 0 radical (unpaired) electrons. The van der Waals surface area contributed by atoms with Gasteiger partial charge in [0.15, 0.2) is 0 Å². The molecule has 0 aromatic carbocycles. The lowest BCUT2D eigenvalue weighted by atomic mass is 9.80. The van der Waals surface area contributed by atoms with Crippen molar-refractivity contribution < 1.29 is 5.11 Å². The van der Waals surface area contributed by atoms with Crippen molar-refractivity contribution in [1.82, 2.24) is 0 Å². The highest BCUT2D eigenvalue weighted by molar-refractivity contribution is 5.16. The molecule has 0 aromatic rings. The summed E-state index contributed by atoms with van der Waals surface area (Å²) in [6, 6.07) is 0. The lowest BCUT2D eigenvalue weighted by Gasteiger charge is -2.26. The molecule has 1 aliphatic carbocycles. The maximum absolute atomic E-state index is 9.06. The molecule has 1 nitrogen and oxygen atoms in total. The van der Waals surface area contributed by atoms with Crippen LogP contribution in [0.15, 0.2) is 24.3 Å². The Balaban J connectivity index is 2.66. The predicted molar refractivity (Wildman–Crippen MR) is 42.7 cm³/mol. The lowest BCUT2D eigenvalue weighted by molar-refractivity contribution is 0.165. The Hall–Kier alpha value is -0.560. The van der Waals surface area contributed by atoms with Crippen LogP contribution in [0.1, 0.15) is 19.8 Å². The van der Waals surface area contributed by atoms with Crippen molar-refractivity contribution in [3.8, 4) is 0 Å². The Morgan fingerprint density at radius 2 is 2.30 bits per heavy atom. The van der Waals surface area contributed by atoms with E-state index in [1.54, 1.807) is 0 Å². The number of rotatable bonds is 2. The third-order valence-corrected chi connectivity index (χ3v) is 2.24. The summed E-state index contributed by atoms with van der Waals surface area (Å²) < 4.78 is 0. The molecule has 0 aliphatic heterocycles. The van der Waals surface area contributed by atoms with Crippen LogP contribution in [-0.4, -0.2) is 11.7 Å². The normalized spacial score (nSPS) is 31.0. The van der Waals surface area contributed by atoms with Gasteiger partial charge in [0, 0.05) is 5.41 Å². The highest BCUT2D eigenvalue weighted by Crippen LogP contribution is 2.30. The second kappa shape index (κ2) is 3.02. The van der Waals surface area contributed by atoms with Crippen LogP contribution in [-0.2, 0) is 0 Å². The van der Waals surface area contributed by atoms with E-state index in [0.29, 0.717) is 0 Å². The number of hydrogen-bond donors (Lipinski definition) is 1. The topological polar surface area (TPSA) is 20.2 Å². The largest absolute Gasteiger partial charge is 0.395 e. The molecule has 1 heteroatoms. The summed E-state index contributed by atoms with van der Waals surface area (Å²) in [6.45, 7) is 2.38. The van der Waals surface area contributed by atoms with Gasteiger partial charge in [-0.05, 0) is 12.8 Å². The maximum Gasteiger partial charge on any atom is 0.0524 e. The van der Waals surface area contributed by atoms with Gasteiger partial charge in [-0.15, -0.1) is 0 Å². The highest BCUT2D eigenvalue weighted by Gasteiger charge is 2.23. The van der Waals surface area contributed by atoms with E-state index in [4.69, 9.17) is 5.11 Å². The Morgan fingerprint density at radius 1 is 1.50 bits per heavy atom. The minimum Gasteiger partial charge on any atom is -0.395 e. The van der Waals surface area contributed by atoms with Gasteiger partial charge in [-0.25, -0.2) is 0 Å². The van der Waals surface area contributed by atoms with Crippen molar-refractivity contribution in [2.45, 2.75) is 19.8 Å². The summed E-state index contributed by atoms with van der Waals surface area (Å²) >= 11 is 0. The van der Waals surface area contributed by atoms with E-state index in [2.05, 4.69) is 19.1 Å². The maximum atomic E-state index is 9.06. The Bertz CT molecular complexity index is 152. The van der Waals surface area contributed by atoms with Crippen molar-refractivity contribution >= 4 is 0 Å². The van der Waals surface area contributed by atoms with Crippen molar-refractivity contribution in [3.63, 3.8) is 0 Å². The van der Waals surface area contributed by atoms with Gasteiger partial charge in [-0.3, -0.25) is 0 Å². The molecule has 1 rings (SSSR count). The summed E-state index contributed by atoms with van der Waals surface area (Å²) in [5.74, 6) is 0. The van der Waals surface area contributed by atoms with Gasteiger partial charge < -0.3 is 5.11 Å². The first-order valence-electron chi connectivity index (χ1n) is 3.78. The van der Waals surface area contributed by atoms with Crippen LogP contribution in [0.4, 0.5) is 0 Å². The standard InChI is InChI=1S/C9H14O/c1-2-9(8-10)6-4-3-5-7-9/h3-6,10H,2,7-8H2,1H3. The van der Waals surface area contributed by atoms with E-state index in [1.807, 2.05) is 12.2 Å². The lowest BCUT2D eigenvalue weighted by Crippen LogP contribution is -2.21. The zero-order valence-electron chi connectivity index (χ0n) is 6.38. The first-order valence-corrected chi connectivity index (χ1v) is 3.78. The molecule has 10 heavy (non-hydrogen) atoms. The molecule has 0 aromatic heterocycles. The smallest absolute Gasteiger partial charge is 0.0524 e. The first-order chi connectivity index (χ1) is 4.83. The monoisotopic (exact) mass is 138 g/mol. The zero-order valence-corrected chi connectivity index (χ0v) is 6.38. The van der Waals surface area contributed by atoms with Crippen LogP contribution in [0.5, 0.6) is 0 Å². The van der Waals surface area contributed by atoms with Crippen molar-refractivity contribution in [2.24, 2.45) is 5.41 Å². The zero-order chi connectivity index (χ0) is 7.45. The molecule has 1 aliphatic rings. The fraction of sp³-hybridized carbons (Fsp3) is 0.556. The van der Waals surface area contributed by atoms with Gasteiger partial charge >= 0.3 is 0 Å². The Morgan fingerprint density at radius 3 is 2.60 bits per heavy atom. The van der Waals surface area contributed by atoms with Crippen LogP contribution in [0.3, 0.4) is 0 Å². The SMILES string of the molecule is CCC1(CO)C=CC=CC1. The van der Waals surface area contributed by atoms with E-state index in [9.17, 15) is 0 Å². The molecule has 0 bridgehead atoms. The van der Waals surface area contributed by atoms with Crippen LogP contribution in [0, 0.1) is 5.41 Å². The molecular formula is C9H14O. The molecular weight excluding hydrogens is 124 g/mol. The van der Waals surface area contributed by atoms with E-state index >= 15 is 0 Å². The molecule has 0 saturated carbocycles. The molecule has 0 fully saturated rings. The van der Waals surface area contributed by atoms with Crippen molar-refractivity contribution in [3.05, 3.63) is 24.3 Å². The summed E-state index contributed by atoms with van der Waals surface area (Å²) in [6.07, 6.45) is 10.3. The number of allylic oxidation sites excluding steroid dienone is 3. The molecule has 0 spiro atoms. The van der Waals surface area contributed by atoms with Gasteiger partial charge in [0.25, 0.3) is 0 Å². The number of aliphatic hydroxyl groups is 1. The average molecular weight is 138 g/mol. The van der Waals surface area contributed by atoms with Crippen LogP contribution >= 0.6 is 0 Å². The Kier molecular flexibility index (Phi) is 2.28. The Labute approximate surface area is 62.1 Å². The van der Waals surface area contributed by atoms with Gasteiger partial charge in [-0.2, -0.15) is 0 Å². The fourth-order valence-corrected chi connectivity index (χ4v) is 1.20. The van der Waals surface area contributed by atoms with Gasteiger partial charge in [0.2, 0.25) is 0 Å². The average Bonchev–Trinajstić information content (AvgIpc) is 2.06. The van der Waals surface area contributed by atoms with Gasteiger partial charge in [0.05, 0.1) is 6.61 Å². The quantitative estimate of drug-likeness (QED) is 0.617. The minimum atomic E-state index is 0.0503. The molecule has 0 saturated heterocycles. The summed E-state index contributed by atoms with van der Waals surface area (Å²) in [5.41, 5.74) is 0.0503. The van der Waals surface area contributed by atoms with Crippen molar-refractivity contribution in [1.29, 1.82) is 0 Å². The summed E-state index contributed by atoms with van der Waals surface area (Å²) in [4.78, 5) is 0. The van der Waals surface area contributed by atoms with E-state index in [1.165, 1.54) is 0 Å². The second-order valence-corrected chi connectivity index (χ2v) is 2.87. The molecule has 0 heterocycles. The van der Waals surface area contributed by atoms with Crippen LogP contribution < -0.4 is 0 Å². The summed E-state index contributed by atoms with van der Waals surface area (Å²) in [5, 5.41) is 9.06. The number of aliphatic hydroxyl groups excluding tert-OH is 1. The van der Waals surface area contributed by atoms with E-state index in [0.717, 1.165) is 12.8 Å². The first kappa shape index (κ1) is 7.55. The van der Waals surface area contributed by atoms with Gasteiger partial charge in [0.1, 0.15) is 0 Å². The molecule has 1 N–H and O–H groups in total. The fourth-order valence-electron chi connectivity index (χ4n) is 1.20. The predicted octanol–water partition coefficient (Wildman–Crippen LogP) is 1.89. The van der Waals surface area contributed by atoms with Gasteiger partial charge in [-0.1, -0.05) is 31.2 Å². The third-order valence-electron chi connectivity index (χ3n) is 2.24. The third kappa shape index (κ3) is 1.29.